The second-order valence-corrected chi connectivity index (χ2v) is 7.95. The van der Waals surface area contributed by atoms with E-state index in [4.69, 9.17) is 9.15 Å². The van der Waals surface area contributed by atoms with Gasteiger partial charge in [0.25, 0.3) is 5.91 Å². The van der Waals surface area contributed by atoms with Crippen LogP contribution < -0.4 is 10.1 Å². The van der Waals surface area contributed by atoms with E-state index in [9.17, 15) is 4.79 Å². The first-order chi connectivity index (χ1) is 14.5. The molecule has 0 saturated carbocycles. The first-order valence-corrected chi connectivity index (χ1v) is 10.6. The number of amides is 1. The predicted molar refractivity (Wildman–Crippen MR) is 122 cm³/mol. The lowest BCUT2D eigenvalue weighted by Gasteiger charge is -2.13. The largest absolute Gasteiger partial charge is 0.491 e. The van der Waals surface area contributed by atoms with Crippen LogP contribution in [0.5, 0.6) is 5.75 Å². The lowest BCUT2D eigenvalue weighted by atomic mass is 10.2. The summed E-state index contributed by atoms with van der Waals surface area (Å²) in [5.41, 5.74) is 3.40. The van der Waals surface area contributed by atoms with Crippen LogP contribution in [0.15, 0.2) is 75.6 Å². The fourth-order valence-corrected chi connectivity index (χ4v) is 3.38. The van der Waals surface area contributed by atoms with Crippen LogP contribution in [-0.4, -0.2) is 17.0 Å². The summed E-state index contributed by atoms with van der Waals surface area (Å²) < 4.78 is 12.6. The molecule has 4 aromatic rings. The SMILES string of the molecule is CCC(C)Oc1cccc(C(=O)Nc2ccc3oc(-c4cccc(Br)c4)nc3c2)c1. The highest BCUT2D eigenvalue weighted by atomic mass is 79.9. The molecule has 1 aromatic heterocycles. The molecule has 4 rings (SSSR count). The number of carbonyl (C=O) groups is 1. The second-order valence-electron chi connectivity index (χ2n) is 7.03. The van der Waals surface area contributed by atoms with Gasteiger partial charge in [-0.3, -0.25) is 4.79 Å². The molecular formula is C24H21BrN2O3. The number of hydrogen-bond acceptors (Lipinski definition) is 4. The maximum absolute atomic E-state index is 12.7. The number of hydrogen-bond donors (Lipinski definition) is 1. The van der Waals surface area contributed by atoms with E-state index < -0.39 is 0 Å². The van der Waals surface area contributed by atoms with Gasteiger partial charge in [0, 0.05) is 21.3 Å². The Balaban J connectivity index is 1.54. The van der Waals surface area contributed by atoms with Gasteiger partial charge in [0.2, 0.25) is 5.89 Å². The molecule has 0 aliphatic heterocycles. The summed E-state index contributed by atoms with van der Waals surface area (Å²) in [7, 11) is 0. The molecule has 3 aromatic carbocycles. The third-order valence-electron chi connectivity index (χ3n) is 4.73. The van der Waals surface area contributed by atoms with Crippen molar-refractivity contribution in [1.29, 1.82) is 0 Å². The Bertz CT molecular complexity index is 1200. The zero-order valence-corrected chi connectivity index (χ0v) is 18.3. The van der Waals surface area contributed by atoms with Gasteiger partial charge in [0.05, 0.1) is 6.10 Å². The standard InChI is InChI=1S/C24H21BrN2O3/c1-3-15(2)29-20-9-5-6-16(13-20)23(28)26-19-10-11-22-21(14-19)27-24(30-22)17-7-4-8-18(25)12-17/h4-15H,3H2,1-2H3,(H,26,28). The van der Waals surface area contributed by atoms with Crippen molar-refractivity contribution < 1.29 is 13.9 Å². The zero-order chi connectivity index (χ0) is 21.1. The molecule has 0 aliphatic rings. The summed E-state index contributed by atoms with van der Waals surface area (Å²) in [6.07, 6.45) is 0.994. The monoisotopic (exact) mass is 464 g/mol. The average molecular weight is 465 g/mol. The number of halogens is 1. The van der Waals surface area contributed by atoms with Crippen LogP contribution >= 0.6 is 15.9 Å². The molecular weight excluding hydrogens is 444 g/mol. The molecule has 0 saturated heterocycles. The lowest BCUT2D eigenvalue weighted by Crippen LogP contribution is -2.13. The molecule has 6 heteroatoms. The van der Waals surface area contributed by atoms with Crippen LogP contribution in [0.1, 0.15) is 30.6 Å². The molecule has 1 N–H and O–H groups in total. The number of aromatic nitrogens is 1. The number of ether oxygens (including phenoxy) is 1. The van der Waals surface area contributed by atoms with Gasteiger partial charge in [0.15, 0.2) is 5.58 Å². The third kappa shape index (κ3) is 4.54. The van der Waals surface area contributed by atoms with Crippen molar-refractivity contribution in [1.82, 2.24) is 4.98 Å². The minimum atomic E-state index is -0.209. The van der Waals surface area contributed by atoms with Crippen molar-refractivity contribution in [3.63, 3.8) is 0 Å². The first-order valence-electron chi connectivity index (χ1n) is 9.76. The maximum Gasteiger partial charge on any atom is 0.255 e. The Kier molecular flexibility index (Phi) is 5.86. The van der Waals surface area contributed by atoms with E-state index in [2.05, 4.69) is 33.2 Å². The van der Waals surface area contributed by atoms with Gasteiger partial charge in [0.1, 0.15) is 11.3 Å². The van der Waals surface area contributed by atoms with E-state index in [1.807, 2.05) is 49.4 Å². The molecule has 1 heterocycles. The van der Waals surface area contributed by atoms with E-state index >= 15 is 0 Å². The molecule has 0 aliphatic carbocycles. The van der Waals surface area contributed by atoms with Gasteiger partial charge in [-0.2, -0.15) is 0 Å². The van der Waals surface area contributed by atoms with E-state index in [0.29, 0.717) is 34.0 Å². The zero-order valence-electron chi connectivity index (χ0n) is 16.7. The summed E-state index contributed by atoms with van der Waals surface area (Å²) in [5.74, 6) is 1.01. The van der Waals surface area contributed by atoms with Gasteiger partial charge in [-0.25, -0.2) is 4.98 Å². The molecule has 1 atom stereocenters. The Morgan fingerprint density at radius 2 is 1.97 bits per heavy atom. The van der Waals surface area contributed by atoms with Crippen molar-refractivity contribution in [2.75, 3.05) is 5.32 Å². The molecule has 1 unspecified atom stereocenters. The van der Waals surface area contributed by atoms with Crippen molar-refractivity contribution in [3.8, 4) is 17.2 Å². The Morgan fingerprint density at radius 1 is 1.13 bits per heavy atom. The highest BCUT2D eigenvalue weighted by Crippen LogP contribution is 2.28. The van der Waals surface area contributed by atoms with Gasteiger partial charge in [-0.05, 0) is 67.9 Å². The van der Waals surface area contributed by atoms with Gasteiger partial charge < -0.3 is 14.5 Å². The van der Waals surface area contributed by atoms with Gasteiger partial charge >= 0.3 is 0 Å². The van der Waals surface area contributed by atoms with Crippen LogP contribution in [0.25, 0.3) is 22.6 Å². The fourth-order valence-electron chi connectivity index (χ4n) is 2.98. The number of rotatable bonds is 6. The topological polar surface area (TPSA) is 64.4 Å². The third-order valence-corrected chi connectivity index (χ3v) is 5.22. The minimum Gasteiger partial charge on any atom is -0.491 e. The molecule has 152 valence electrons. The average Bonchev–Trinajstić information content (AvgIpc) is 3.17. The summed E-state index contributed by atoms with van der Waals surface area (Å²) >= 11 is 3.46. The molecule has 0 radical (unpaired) electrons. The van der Waals surface area contributed by atoms with Gasteiger partial charge in [-0.15, -0.1) is 0 Å². The molecule has 1 amide bonds. The van der Waals surface area contributed by atoms with Crippen LogP contribution in [-0.2, 0) is 0 Å². The Labute approximate surface area is 183 Å². The Morgan fingerprint density at radius 3 is 2.77 bits per heavy atom. The second kappa shape index (κ2) is 8.71. The van der Waals surface area contributed by atoms with E-state index in [1.165, 1.54) is 0 Å². The smallest absolute Gasteiger partial charge is 0.255 e. The molecule has 0 bridgehead atoms. The predicted octanol–water partition coefficient (Wildman–Crippen LogP) is 6.69. The molecule has 30 heavy (non-hydrogen) atoms. The molecule has 5 nitrogen and oxygen atoms in total. The van der Waals surface area contributed by atoms with Crippen LogP contribution in [0.3, 0.4) is 0 Å². The fraction of sp³-hybridized carbons (Fsp3) is 0.167. The van der Waals surface area contributed by atoms with Crippen LogP contribution in [0.2, 0.25) is 0 Å². The van der Waals surface area contributed by atoms with E-state index in [1.54, 1.807) is 24.3 Å². The summed E-state index contributed by atoms with van der Waals surface area (Å²) in [4.78, 5) is 17.3. The number of benzene rings is 3. The van der Waals surface area contributed by atoms with Crippen LogP contribution in [0, 0.1) is 0 Å². The number of carbonyl (C=O) groups excluding carboxylic acids is 1. The van der Waals surface area contributed by atoms with Crippen molar-refractivity contribution in [3.05, 3.63) is 76.8 Å². The quantitative estimate of drug-likeness (QED) is 0.345. The van der Waals surface area contributed by atoms with E-state index in [-0.39, 0.29) is 12.0 Å². The minimum absolute atomic E-state index is 0.0947. The number of nitrogens with zero attached hydrogens (tertiary/aromatic N) is 1. The lowest BCUT2D eigenvalue weighted by molar-refractivity contribution is 0.102. The number of anilines is 1. The van der Waals surface area contributed by atoms with Crippen LogP contribution in [0.4, 0.5) is 5.69 Å². The highest BCUT2D eigenvalue weighted by molar-refractivity contribution is 9.10. The normalized spacial score (nSPS) is 12.0. The molecule has 0 spiro atoms. The summed E-state index contributed by atoms with van der Waals surface area (Å²) in [5, 5.41) is 2.92. The van der Waals surface area contributed by atoms with Crippen molar-refractivity contribution >= 4 is 38.6 Å². The first kappa shape index (κ1) is 20.2. The van der Waals surface area contributed by atoms with Crippen molar-refractivity contribution in [2.24, 2.45) is 0 Å². The van der Waals surface area contributed by atoms with Crippen molar-refractivity contribution in [2.45, 2.75) is 26.4 Å². The summed E-state index contributed by atoms with van der Waals surface area (Å²) in [6, 6.07) is 20.4. The summed E-state index contributed by atoms with van der Waals surface area (Å²) in [6.45, 7) is 4.06. The van der Waals surface area contributed by atoms with E-state index in [0.717, 1.165) is 16.5 Å². The Hall–Kier alpha value is -3.12. The number of oxazole rings is 1. The molecule has 0 fully saturated rings. The maximum atomic E-state index is 12.7. The number of nitrogens with one attached hydrogen (secondary N) is 1. The van der Waals surface area contributed by atoms with Gasteiger partial charge in [-0.1, -0.05) is 35.0 Å². The highest BCUT2D eigenvalue weighted by Gasteiger charge is 2.12. The number of fused-ring (bicyclic) bond motifs is 1.